The van der Waals surface area contributed by atoms with E-state index >= 15 is 0 Å². The molecule has 2 aromatic carbocycles. The molecule has 2 N–H and O–H groups in total. The number of carboxylic acid groups (broad SMARTS) is 1. The largest absolute Gasteiger partial charge is 0.481 e. The van der Waals surface area contributed by atoms with Crippen molar-refractivity contribution in [2.75, 3.05) is 0 Å². The van der Waals surface area contributed by atoms with Gasteiger partial charge in [-0.05, 0) is 23.3 Å². The highest BCUT2D eigenvalue weighted by molar-refractivity contribution is 9.10. The SMILES string of the molecule is O=C(O)C[C@@H](NC(=O)OCc1ccccc1)c1ccc(Br)cc1. The Bertz CT molecular complexity index is 658. The predicted octanol–water partition coefficient (Wildman–Crippen LogP) is 3.89. The Morgan fingerprint density at radius 3 is 2.35 bits per heavy atom. The minimum Gasteiger partial charge on any atom is -0.481 e. The topological polar surface area (TPSA) is 75.6 Å². The fourth-order valence-electron chi connectivity index (χ4n) is 2.03. The normalized spacial score (nSPS) is 11.5. The van der Waals surface area contributed by atoms with Gasteiger partial charge in [0.15, 0.2) is 0 Å². The molecular weight excluding hydrogens is 362 g/mol. The van der Waals surface area contributed by atoms with Crippen molar-refractivity contribution in [2.24, 2.45) is 0 Å². The van der Waals surface area contributed by atoms with E-state index in [9.17, 15) is 9.59 Å². The Morgan fingerprint density at radius 1 is 1.09 bits per heavy atom. The Labute approximate surface area is 142 Å². The number of rotatable bonds is 6. The van der Waals surface area contributed by atoms with Crippen molar-refractivity contribution in [1.29, 1.82) is 0 Å². The van der Waals surface area contributed by atoms with Gasteiger partial charge >= 0.3 is 12.1 Å². The molecule has 1 amide bonds. The van der Waals surface area contributed by atoms with Crippen LogP contribution in [0.2, 0.25) is 0 Å². The van der Waals surface area contributed by atoms with Gasteiger partial charge in [-0.3, -0.25) is 4.79 Å². The maximum absolute atomic E-state index is 11.9. The summed E-state index contributed by atoms with van der Waals surface area (Å²) >= 11 is 3.32. The number of carboxylic acids is 1. The fraction of sp³-hybridized carbons (Fsp3) is 0.176. The summed E-state index contributed by atoms with van der Waals surface area (Å²) in [5.74, 6) is -0.999. The lowest BCUT2D eigenvalue weighted by Gasteiger charge is -2.17. The molecule has 2 aromatic rings. The molecule has 0 fully saturated rings. The monoisotopic (exact) mass is 377 g/mol. The molecule has 0 spiro atoms. The van der Waals surface area contributed by atoms with E-state index in [4.69, 9.17) is 9.84 Å². The lowest BCUT2D eigenvalue weighted by Crippen LogP contribution is -2.30. The van der Waals surface area contributed by atoms with Crippen LogP contribution >= 0.6 is 15.9 Å². The van der Waals surface area contributed by atoms with Gasteiger partial charge in [-0.25, -0.2) is 4.79 Å². The number of hydrogen-bond donors (Lipinski definition) is 2. The summed E-state index contributed by atoms with van der Waals surface area (Å²) in [5.41, 5.74) is 1.56. The van der Waals surface area contributed by atoms with Crippen LogP contribution in [-0.2, 0) is 16.1 Å². The van der Waals surface area contributed by atoms with E-state index in [0.717, 1.165) is 10.0 Å². The lowest BCUT2D eigenvalue weighted by molar-refractivity contribution is -0.137. The summed E-state index contributed by atoms with van der Waals surface area (Å²) in [6.07, 6.45) is -0.870. The van der Waals surface area contributed by atoms with Gasteiger partial charge in [0.05, 0.1) is 12.5 Å². The molecule has 0 radical (unpaired) electrons. The van der Waals surface area contributed by atoms with Gasteiger partial charge in [-0.2, -0.15) is 0 Å². The Hall–Kier alpha value is -2.34. The number of ether oxygens (including phenoxy) is 1. The van der Waals surface area contributed by atoms with Gasteiger partial charge in [0.25, 0.3) is 0 Å². The van der Waals surface area contributed by atoms with Crippen LogP contribution < -0.4 is 5.32 Å². The Balaban J connectivity index is 1.98. The van der Waals surface area contributed by atoms with Gasteiger partial charge in [0.1, 0.15) is 6.61 Å². The number of amides is 1. The van der Waals surface area contributed by atoms with Crippen molar-refractivity contribution < 1.29 is 19.4 Å². The number of hydrogen-bond acceptors (Lipinski definition) is 3. The van der Waals surface area contributed by atoms with Gasteiger partial charge in [0, 0.05) is 4.47 Å². The zero-order valence-corrected chi connectivity index (χ0v) is 13.8. The number of benzene rings is 2. The van der Waals surface area contributed by atoms with Crippen molar-refractivity contribution in [3.05, 3.63) is 70.2 Å². The van der Waals surface area contributed by atoms with Crippen LogP contribution in [0.1, 0.15) is 23.6 Å². The first-order valence-corrected chi connectivity index (χ1v) is 7.78. The van der Waals surface area contributed by atoms with E-state index in [-0.39, 0.29) is 13.0 Å². The quantitative estimate of drug-likeness (QED) is 0.800. The zero-order chi connectivity index (χ0) is 16.7. The second kappa shape index (κ2) is 8.33. The molecule has 0 aliphatic rings. The van der Waals surface area contributed by atoms with Crippen LogP contribution in [0.5, 0.6) is 0 Å². The van der Waals surface area contributed by atoms with Crippen LogP contribution in [-0.4, -0.2) is 17.2 Å². The van der Waals surface area contributed by atoms with Crippen molar-refractivity contribution in [1.82, 2.24) is 5.32 Å². The van der Waals surface area contributed by atoms with Crippen LogP contribution in [0.3, 0.4) is 0 Å². The Morgan fingerprint density at radius 2 is 1.74 bits per heavy atom. The third-order valence-corrected chi connectivity index (χ3v) is 3.68. The maximum Gasteiger partial charge on any atom is 0.407 e. The van der Waals surface area contributed by atoms with Crippen molar-refractivity contribution >= 4 is 28.0 Å². The molecule has 0 aliphatic carbocycles. The van der Waals surface area contributed by atoms with Gasteiger partial charge in [0.2, 0.25) is 0 Å². The molecule has 0 unspecified atom stereocenters. The van der Waals surface area contributed by atoms with Crippen LogP contribution in [0, 0.1) is 0 Å². The molecule has 1 atom stereocenters. The fourth-order valence-corrected chi connectivity index (χ4v) is 2.29. The highest BCUT2D eigenvalue weighted by atomic mass is 79.9. The second-order valence-electron chi connectivity index (χ2n) is 4.91. The number of carbonyl (C=O) groups is 2. The van der Waals surface area contributed by atoms with E-state index in [1.54, 1.807) is 24.3 Å². The molecule has 0 heterocycles. The average molecular weight is 378 g/mol. The molecule has 0 bridgehead atoms. The summed E-state index contributed by atoms with van der Waals surface area (Å²) in [7, 11) is 0. The molecule has 0 aliphatic heterocycles. The number of aliphatic carboxylic acids is 1. The molecule has 2 rings (SSSR count). The number of nitrogens with one attached hydrogen (secondary N) is 1. The summed E-state index contributed by atoms with van der Waals surface area (Å²) in [4.78, 5) is 22.9. The van der Waals surface area contributed by atoms with Crippen molar-refractivity contribution in [2.45, 2.75) is 19.1 Å². The van der Waals surface area contributed by atoms with Crippen LogP contribution in [0.4, 0.5) is 4.79 Å². The minimum absolute atomic E-state index is 0.132. The minimum atomic E-state index is -0.999. The van der Waals surface area contributed by atoms with E-state index in [0.29, 0.717) is 5.56 Å². The highest BCUT2D eigenvalue weighted by Crippen LogP contribution is 2.20. The van der Waals surface area contributed by atoms with Crippen LogP contribution in [0.15, 0.2) is 59.1 Å². The molecule has 0 aromatic heterocycles. The van der Waals surface area contributed by atoms with Gasteiger partial charge in [-0.1, -0.05) is 58.4 Å². The van der Waals surface area contributed by atoms with E-state index in [2.05, 4.69) is 21.2 Å². The standard InChI is InChI=1S/C17H16BrNO4/c18-14-8-6-13(7-9-14)15(10-16(20)21)19-17(22)23-11-12-4-2-1-3-5-12/h1-9,15H,10-11H2,(H,19,22)(H,20,21)/t15-/m1/s1. The third kappa shape index (κ3) is 5.75. The first kappa shape index (κ1) is 17.0. The van der Waals surface area contributed by atoms with Crippen molar-refractivity contribution in [3.8, 4) is 0 Å². The molecule has 5 nitrogen and oxygen atoms in total. The van der Waals surface area contributed by atoms with E-state index in [1.165, 1.54) is 0 Å². The summed E-state index contributed by atoms with van der Waals surface area (Å²) in [6.45, 7) is 0.132. The zero-order valence-electron chi connectivity index (χ0n) is 12.2. The average Bonchev–Trinajstić information content (AvgIpc) is 2.53. The molecule has 0 saturated carbocycles. The summed E-state index contributed by atoms with van der Waals surface area (Å²) in [6, 6.07) is 15.7. The smallest absolute Gasteiger partial charge is 0.407 e. The summed E-state index contributed by atoms with van der Waals surface area (Å²) < 4.78 is 6.01. The first-order chi connectivity index (χ1) is 11.0. The number of alkyl carbamates (subject to hydrolysis) is 1. The predicted molar refractivity (Wildman–Crippen MR) is 88.9 cm³/mol. The molecular formula is C17H16BrNO4. The van der Waals surface area contributed by atoms with E-state index in [1.807, 2.05) is 30.3 Å². The lowest BCUT2D eigenvalue weighted by atomic mass is 10.0. The van der Waals surface area contributed by atoms with Crippen molar-refractivity contribution in [3.63, 3.8) is 0 Å². The molecule has 0 saturated heterocycles. The maximum atomic E-state index is 11.9. The highest BCUT2D eigenvalue weighted by Gasteiger charge is 2.18. The van der Waals surface area contributed by atoms with Gasteiger partial charge in [-0.15, -0.1) is 0 Å². The first-order valence-electron chi connectivity index (χ1n) is 6.99. The second-order valence-corrected chi connectivity index (χ2v) is 5.82. The Kier molecular flexibility index (Phi) is 6.17. The molecule has 120 valence electrons. The molecule has 6 heteroatoms. The summed E-state index contributed by atoms with van der Waals surface area (Å²) in [5, 5.41) is 11.6. The number of halogens is 1. The van der Waals surface area contributed by atoms with Gasteiger partial charge < -0.3 is 15.2 Å². The number of carbonyl (C=O) groups excluding carboxylic acids is 1. The van der Waals surface area contributed by atoms with E-state index < -0.39 is 18.1 Å². The third-order valence-electron chi connectivity index (χ3n) is 3.16. The van der Waals surface area contributed by atoms with Crippen LogP contribution in [0.25, 0.3) is 0 Å². The molecule has 23 heavy (non-hydrogen) atoms.